The van der Waals surface area contributed by atoms with Gasteiger partial charge >= 0.3 is 6.11 Å². The Kier molecular flexibility index (Phi) is 4.12. The zero-order valence-corrected chi connectivity index (χ0v) is 15.0. The summed E-state index contributed by atoms with van der Waals surface area (Å²) < 4.78 is 33.6. The molecule has 0 saturated carbocycles. The van der Waals surface area contributed by atoms with E-state index in [1.165, 1.54) is 17.9 Å². The third-order valence-corrected chi connectivity index (χ3v) is 4.97. The monoisotopic (exact) mass is 377 g/mol. The number of fused-ring (bicyclic) bond motifs is 2. The molecule has 0 fully saturated rings. The number of ether oxygens (including phenoxy) is 1. The number of benzene rings is 2. The Hall–Kier alpha value is -2.58. The molecule has 0 radical (unpaired) electrons. The molecule has 8 heteroatoms. The van der Waals surface area contributed by atoms with Gasteiger partial charge in [-0.15, -0.1) is 0 Å². The van der Waals surface area contributed by atoms with Gasteiger partial charge in [-0.05, 0) is 24.6 Å². The Morgan fingerprint density at radius 3 is 2.78 bits per heavy atom. The number of hydrogen-bond donors (Lipinski definition) is 3. The lowest BCUT2D eigenvalue weighted by atomic mass is 10.0. The summed E-state index contributed by atoms with van der Waals surface area (Å²) >= 11 is 0. The van der Waals surface area contributed by atoms with Gasteiger partial charge in [0.05, 0.1) is 29.8 Å². The molecule has 0 bridgehead atoms. The third kappa shape index (κ3) is 2.85. The van der Waals surface area contributed by atoms with Crippen LogP contribution in [0, 0.1) is 0 Å². The van der Waals surface area contributed by atoms with Crippen molar-refractivity contribution in [3.8, 4) is 5.75 Å². The standard InChI is InChI=1S/C19H21F2N3O3/c1-11(25)13-6-4-8-15-17(13)27-19(20,21)18(26)24(15)9-12-5-3-7-14-16(12)23(2)10-22-14/h3-8,11,18,22,25-26H,9-10H2,1-2H3. The molecule has 3 N–H and O–H groups in total. The summed E-state index contributed by atoms with van der Waals surface area (Å²) in [5.74, 6) is -0.109. The largest absolute Gasteiger partial charge is 0.444 e. The van der Waals surface area contributed by atoms with Gasteiger partial charge in [-0.25, -0.2) is 0 Å². The number of aliphatic hydroxyl groups is 2. The van der Waals surface area contributed by atoms with Gasteiger partial charge < -0.3 is 30.1 Å². The van der Waals surface area contributed by atoms with Crippen molar-refractivity contribution in [3.05, 3.63) is 47.5 Å². The molecule has 0 aliphatic carbocycles. The Bertz CT molecular complexity index is 875. The topological polar surface area (TPSA) is 68.2 Å². The van der Waals surface area contributed by atoms with E-state index >= 15 is 0 Å². The van der Waals surface area contributed by atoms with E-state index < -0.39 is 18.4 Å². The highest BCUT2D eigenvalue weighted by molar-refractivity contribution is 5.78. The first-order valence-corrected chi connectivity index (χ1v) is 8.69. The van der Waals surface area contributed by atoms with E-state index in [4.69, 9.17) is 4.74 Å². The summed E-state index contributed by atoms with van der Waals surface area (Å²) in [4.78, 5) is 3.20. The molecule has 2 aromatic carbocycles. The summed E-state index contributed by atoms with van der Waals surface area (Å²) in [6.07, 6.45) is -6.94. The van der Waals surface area contributed by atoms with Gasteiger partial charge in [-0.3, -0.25) is 0 Å². The van der Waals surface area contributed by atoms with E-state index in [-0.39, 0.29) is 17.9 Å². The molecule has 27 heavy (non-hydrogen) atoms. The summed E-state index contributed by atoms with van der Waals surface area (Å²) in [7, 11) is 1.91. The Morgan fingerprint density at radius 2 is 2.04 bits per heavy atom. The number of nitrogens with one attached hydrogen (secondary N) is 1. The molecule has 6 nitrogen and oxygen atoms in total. The molecule has 2 atom stereocenters. The van der Waals surface area contributed by atoms with Crippen molar-refractivity contribution in [1.29, 1.82) is 0 Å². The van der Waals surface area contributed by atoms with Crippen molar-refractivity contribution in [1.82, 2.24) is 0 Å². The maximum Gasteiger partial charge on any atom is 0.444 e. The number of halogens is 2. The second kappa shape index (κ2) is 6.24. The first kappa shape index (κ1) is 17.8. The van der Waals surface area contributed by atoms with Gasteiger partial charge in [0, 0.05) is 19.2 Å². The number of anilines is 3. The van der Waals surface area contributed by atoms with E-state index in [9.17, 15) is 19.0 Å². The van der Waals surface area contributed by atoms with Crippen LogP contribution in [0.3, 0.4) is 0 Å². The summed E-state index contributed by atoms with van der Waals surface area (Å²) in [6, 6.07) is 10.4. The number of aliphatic hydroxyl groups excluding tert-OH is 2. The molecule has 0 aromatic heterocycles. The van der Waals surface area contributed by atoms with Crippen LogP contribution in [0.1, 0.15) is 24.2 Å². The summed E-state index contributed by atoms with van der Waals surface area (Å²) in [5.41, 5.74) is 3.19. The van der Waals surface area contributed by atoms with Crippen LogP contribution in [0.2, 0.25) is 0 Å². The average molecular weight is 377 g/mol. The first-order chi connectivity index (χ1) is 12.8. The lowest BCUT2D eigenvalue weighted by Gasteiger charge is -2.41. The molecule has 4 rings (SSSR count). The molecule has 144 valence electrons. The van der Waals surface area contributed by atoms with Gasteiger partial charge in [0.25, 0.3) is 0 Å². The Labute approximate surface area is 155 Å². The number of hydrogen-bond acceptors (Lipinski definition) is 6. The lowest BCUT2D eigenvalue weighted by molar-refractivity contribution is -0.246. The minimum atomic E-state index is -3.81. The smallest absolute Gasteiger partial charge is 0.427 e. The van der Waals surface area contributed by atoms with E-state index in [1.807, 2.05) is 30.1 Å². The zero-order chi connectivity index (χ0) is 19.3. The lowest BCUT2D eigenvalue weighted by Crippen LogP contribution is -2.54. The fourth-order valence-corrected chi connectivity index (χ4v) is 3.66. The van der Waals surface area contributed by atoms with Gasteiger partial charge in [-0.2, -0.15) is 8.78 Å². The number of para-hydroxylation sites is 2. The third-order valence-electron chi connectivity index (χ3n) is 4.97. The fourth-order valence-electron chi connectivity index (χ4n) is 3.66. The molecule has 2 aliphatic heterocycles. The summed E-state index contributed by atoms with van der Waals surface area (Å²) in [6.45, 7) is 2.17. The van der Waals surface area contributed by atoms with Crippen molar-refractivity contribution in [3.63, 3.8) is 0 Å². The normalized spacial score (nSPS) is 21.2. The first-order valence-electron chi connectivity index (χ1n) is 8.69. The molecular weight excluding hydrogens is 356 g/mol. The highest BCUT2D eigenvalue weighted by atomic mass is 19.3. The Morgan fingerprint density at radius 1 is 1.30 bits per heavy atom. The SMILES string of the molecule is CC(O)c1cccc2c1OC(F)(F)C(O)N2Cc1cccc2c1N(C)CN2. The van der Waals surface area contributed by atoms with Gasteiger partial charge in [-0.1, -0.05) is 24.3 Å². The molecule has 2 unspecified atom stereocenters. The minimum Gasteiger partial charge on any atom is -0.427 e. The molecule has 2 heterocycles. The second-order valence-corrected chi connectivity index (χ2v) is 6.88. The van der Waals surface area contributed by atoms with Crippen LogP contribution in [0.25, 0.3) is 0 Å². The number of nitrogens with zero attached hydrogens (tertiary/aromatic N) is 2. The van der Waals surface area contributed by atoms with Crippen LogP contribution in [0.5, 0.6) is 5.75 Å². The van der Waals surface area contributed by atoms with Crippen LogP contribution >= 0.6 is 0 Å². The van der Waals surface area contributed by atoms with E-state index in [2.05, 4.69) is 5.32 Å². The van der Waals surface area contributed by atoms with Gasteiger partial charge in [0.2, 0.25) is 6.23 Å². The summed E-state index contributed by atoms with van der Waals surface area (Å²) in [5, 5.41) is 23.5. The van der Waals surface area contributed by atoms with Crippen molar-refractivity contribution in [2.75, 3.05) is 28.8 Å². The predicted molar refractivity (Wildman–Crippen MR) is 98.2 cm³/mol. The van der Waals surface area contributed by atoms with E-state index in [0.717, 1.165) is 16.9 Å². The van der Waals surface area contributed by atoms with Crippen LogP contribution in [-0.2, 0) is 6.54 Å². The molecule has 2 aliphatic rings. The van der Waals surface area contributed by atoms with E-state index in [1.54, 1.807) is 12.1 Å². The molecule has 2 aromatic rings. The quantitative estimate of drug-likeness (QED) is 0.764. The maximum atomic E-state index is 14.4. The Balaban J connectivity index is 1.80. The van der Waals surface area contributed by atoms with Crippen LogP contribution in [0.15, 0.2) is 36.4 Å². The van der Waals surface area contributed by atoms with Gasteiger partial charge in [0.1, 0.15) is 0 Å². The highest BCUT2D eigenvalue weighted by Gasteiger charge is 2.51. The molecule has 0 spiro atoms. The van der Waals surface area contributed by atoms with Crippen molar-refractivity contribution in [2.24, 2.45) is 0 Å². The minimum absolute atomic E-state index is 0.0611. The van der Waals surface area contributed by atoms with Crippen LogP contribution < -0.4 is 19.9 Å². The van der Waals surface area contributed by atoms with Crippen molar-refractivity contribution < 1.29 is 23.7 Å². The maximum absolute atomic E-state index is 14.4. The van der Waals surface area contributed by atoms with Crippen molar-refractivity contribution >= 4 is 17.1 Å². The molecular formula is C19H21F2N3O3. The highest BCUT2D eigenvalue weighted by Crippen LogP contribution is 2.46. The predicted octanol–water partition coefficient (Wildman–Crippen LogP) is 2.87. The van der Waals surface area contributed by atoms with Crippen LogP contribution in [0.4, 0.5) is 25.8 Å². The molecule has 0 amide bonds. The van der Waals surface area contributed by atoms with Gasteiger partial charge in [0.15, 0.2) is 5.75 Å². The second-order valence-electron chi connectivity index (χ2n) is 6.88. The zero-order valence-electron chi connectivity index (χ0n) is 15.0. The molecule has 0 saturated heterocycles. The van der Waals surface area contributed by atoms with E-state index in [0.29, 0.717) is 12.4 Å². The number of rotatable bonds is 3. The van der Waals surface area contributed by atoms with Crippen LogP contribution in [-0.4, -0.2) is 36.3 Å². The number of alkyl halides is 2. The average Bonchev–Trinajstić information content (AvgIpc) is 3.00. The van der Waals surface area contributed by atoms with Crippen molar-refractivity contribution in [2.45, 2.75) is 31.9 Å². The fraction of sp³-hybridized carbons (Fsp3) is 0.368.